The van der Waals surface area contributed by atoms with Gasteiger partial charge in [-0.15, -0.1) is 0 Å². The van der Waals surface area contributed by atoms with Crippen molar-refractivity contribution in [3.63, 3.8) is 0 Å². The maximum Gasteiger partial charge on any atom is 0.167 e. The zero-order chi connectivity index (χ0) is 38.7. The van der Waals surface area contributed by atoms with Crippen LogP contribution in [-0.2, 0) is 25.4 Å². The number of nitrogens with two attached hydrogens (primary N) is 1. The lowest BCUT2D eigenvalue weighted by atomic mass is 9.79. The van der Waals surface area contributed by atoms with Crippen LogP contribution >= 0.6 is 0 Å². The number of ether oxygens (including phenoxy) is 3. The molecule has 0 aliphatic carbocycles. The first kappa shape index (κ1) is 36.2. The van der Waals surface area contributed by atoms with Gasteiger partial charge in [0.15, 0.2) is 17.7 Å². The summed E-state index contributed by atoms with van der Waals surface area (Å²) in [6, 6.07) is 60.8. The van der Waals surface area contributed by atoms with Crippen molar-refractivity contribution in [2.24, 2.45) is 0 Å². The van der Waals surface area contributed by atoms with Crippen LogP contribution in [0.2, 0.25) is 0 Å². The first-order valence-electron chi connectivity index (χ1n) is 19.0. The number of hydrogen-bond donors (Lipinski definition) is 2. The fourth-order valence-electron chi connectivity index (χ4n) is 8.19. The topological polar surface area (TPSA) is 118 Å². The quantitative estimate of drug-likeness (QED) is 0.121. The Hall–Kier alpha value is -6.49. The predicted octanol–water partition coefficient (Wildman–Crippen LogP) is 8.05. The molecule has 1 fully saturated rings. The first-order valence-corrected chi connectivity index (χ1v) is 19.0. The molecule has 1 aliphatic rings. The first-order chi connectivity index (χ1) is 28.1. The Morgan fingerprint density at radius 2 is 0.965 bits per heavy atom. The number of hydrogen-bond acceptors (Lipinski definition) is 8. The van der Waals surface area contributed by atoms with Crippen molar-refractivity contribution >= 4 is 17.0 Å². The summed E-state index contributed by atoms with van der Waals surface area (Å²) >= 11 is 0. The second-order valence-electron chi connectivity index (χ2n) is 14.1. The average molecular weight is 752 g/mol. The molecule has 1 saturated heterocycles. The molecule has 57 heavy (non-hydrogen) atoms. The summed E-state index contributed by atoms with van der Waals surface area (Å²) in [7, 11) is 0. The molecule has 282 valence electrons. The maximum absolute atomic E-state index is 12.7. The van der Waals surface area contributed by atoms with Crippen LogP contribution in [0, 0.1) is 0 Å². The Labute approximate surface area is 331 Å². The van der Waals surface area contributed by atoms with Gasteiger partial charge in [-0.25, -0.2) is 15.0 Å². The van der Waals surface area contributed by atoms with Crippen LogP contribution in [0.4, 0.5) is 5.82 Å². The fourth-order valence-corrected chi connectivity index (χ4v) is 8.19. The fraction of sp³-hybridized carbons (Fsp3) is 0.146. The van der Waals surface area contributed by atoms with E-state index < -0.39 is 35.7 Å². The van der Waals surface area contributed by atoms with E-state index in [1.165, 1.54) is 6.33 Å². The van der Waals surface area contributed by atoms with Crippen LogP contribution in [0.25, 0.3) is 11.2 Å². The van der Waals surface area contributed by atoms with E-state index in [9.17, 15) is 5.11 Å². The predicted molar refractivity (Wildman–Crippen MR) is 219 cm³/mol. The molecule has 4 atom stereocenters. The van der Waals surface area contributed by atoms with Gasteiger partial charge in [-0.3, -0.25) is 4.57 Å². The molecule has 9 heteroatoms. The minimum absolute atomic E-state index is 0.0229. The van der Waals surface area contributed by atoms with Gasteiger partial charge in [0.2, 0.25) is 0 Å². The summed E-state index contributed by atoms with van der Waals surface area (Å²) in [5, 5.41) is 12.7. The van der Waals surface area contributed by atoms with Gasteiger partial charge in [0.1, 0.15) is 41.4 Å². The molecule has 0 unspecified atom stereocenters. The third kappa shape index (κ3) is 6.46. The third-order valence-corrected chi connectivity index (χ3v) is 10.8. The van der Waals surface area contributed by atoms with Crippen molar-refractivity contribution in [3.05, 3.63) is 228 Å². The van der Waals surface area contributed by atoms with E-state index in [0.29, 0.717) is 11.2 Å². The van der Waals surface area contributed by atoms with Crippen molar-refractivity contribution in [2.45, 2.75) is 35.7 Å². The highest BCUT2D eigenvalue weighted by Gasteiger charge is 2.52. The minimum Gasteiger partial charge on any atom is -0.386 e. The molecule has 0 amide bonds. The molecule has 0 spiro atoms. The molecule has 3 heterocycles. The smallest absolute Gasteiger partial charge is 0.167 e. The second-order valence-corrected chi connectivity index (χ2v) is 14.1. The van der Waals surface area contributed by atoms with E-state index in [-0.39, 0.29) is 12.4 Å². The third-order valence-electron chi connectivity index (χ3n) is 10.8. The van der Waals surface area contributed by atoms with Crippen LogP contribution in [0.3, 0.4) is 0 Å². The lowest BCUT2D eigenvalue weighted by Gasteiger charge is -2.41. The monoisotopic (exact) mass is 751 g/mol. The van der Waals surface area contributed by atoms with Crippen LogP contribution in [0.5, 0.6) is 0 Å². The van der Waals surface area contributed by atoms with Gasteiger partial charge in [-0.2, -0.15) is 0 Å². The number of rotatable bonds is 12. The van der Waals surface area contributed by atoms with E-state index >= 15 is 0 Å². The Bertz CT molecular complexity index is 2330. The molecule has 0 bridgehead atoms. The summed E-state index contributed by atoms with van der Waals surface area (Å²) in [6.07, 6.45) is -1.000. The number of anilines is 1. The normalized spacial score (nSPS) is 18.5. The Kier molecular flexibility index (Phi) is 9.88. The van der Waals surface area contributed by atoms with Gasteiger partial charge in [-0.05, 0) is 33.4 Å². The molecular formula is C48H41N5O4. The molecule has 6 aromatic carbocycles. The Morgan fingerprint density at radius 3 is 1.39 bits per heavy atom. The van der Waals surface area contributed by atoms with Crippen molar-refractivity contribution < 1.29 is 19.3 Å². The molecule has 9 nitrogen and oxygen atoms in total. The summed E-state index contributed by atoms with van der Waals surface area (Å²) in [5.74, 6) is 0.230. The molecule has 8 aromatic rings. The van der Waals surface area contributed by atoms with Crippen molar-refractivity contribution in [3.8, 4) is 0 Å². The number of aliphatic hydroxyl groups excluding tert-OH is 1. The van der Waals surface area contributed by atoms with Crippen LogP contribution in [0.15, 0.2) is 195 Å². The number of nitrogen functional groups attached to an aromatic ring is 1. The number of benzene rings is 6. The molecule has 1 aliphatic heterocycles. The van der Waals surface area contributed by atoms with E-state index in [4.69, 9.17) is 19.9 Å². The van der Waals surface area contributed by atoms with Crippen LogP contribution < -0.4 is 5.73 Å². The zero-order valence-electron chi connectivity index (χ0n) is 31.0. The van der Waals surface area contributed by atoms with E-state index in [1.807, 2.05) is 109 Å². The van der Waals surface area contributed by atoms with Gasteiger partial charge in [0.25, 0.3) is 0 Å². The van der Waals surface area contributed by atoms with Gasteiger partial charge >= 0.3 is 0 Å². The molecule has 3 N–H and O–H groups in total. The molecule has 9 rings (SSSR count). The largest absolute Gasteiger partial charge is 0.386 e. The maximum atomic E-state index is 12.7. The van der Waals surface area contributed by atoms with Crippen molar-refractivity contribution in [1.82, 2.24) is 19.5 Å². The standard InChI is InChI=1S/C48H41N5O4/c49-44-41-45(51-32-50-44)53(33-52-41)46-42(54)43(57-48(37-25-13-4-14-26-37,38-27-15-5-16-28-38)39-29-17-6-18-30-39)40(56-46)31-55-47(34-19-7-1-8-20-34,35-21-9-2-10-22-35)36-23-11-3-12-24-36/h1-30,32-33,40,42-43,46,54H,31H2,(H2,49,50,51)/t40-,42-,43-,46-/m1/s1. The SMILES string of the molecule is Nc1ncnc2c1ncn2[C@@H]1O[C@H](COC(c2ccccc2)(c2ccccc2)c2ccccc2)[C@@H](OC(c2ccccc2)(c2ccccc2)c2ccccc2)[C@H]1O. The highest BCUT2D eigenvalue weighted by Crippen LogP contribution is 2.47. The molecule has 0 saturated carbocycles. The summed E-state index contributed by atoms with van der Waals surface area (Å²) in [5.41, 5.74) is 10.3. The summed E-state index contributed by atoms with van der Waals surface area (Å²) < 4.78 is 23.6. The lowest BCUT2D eigenvalue weighted by Crippen LogP contribution is -2.46. The van der Waals surface area contributed by atoms with Crippen molar-refractivity contribution in [2.75, 3.05) is 12.3 Å². The second kappa shape index (κ2) is 15.6. The number of fused-ring (bicyclic) bond motifs is 1. The lowest BCUT2D eigenvalue weighted by molar-refractivity contribution is -0.131. The average Bonchev–Trinajstić information content (AvgIpc) is 3.85. The highest BCUT2D eigenvalue weighted by molar-refractivity contribution is 5.81. The van der Waals surface area contributed by atoms with Gasteiger partial charge < -0.3 is 25.1 Å². The van der Waals surface area contributed by atoms with Crippen LogP contribution in [-0.4, -0.2) is 49.5 Å². The van der Waals surface area contributed by atoms with E-state index in [2.05, 4.69) is 87.7 Å². The minimum atomic E-state index is -1.22. The summed E-state index contributed by atoms with van der Waals surface area (Å²) in [6.45, 7) is 0.0229. The number of imidazole rings is 1. The molecule has 0 radical (unpaired) electrons. The molecule has 2 aromatic heterocycles. The Morgan fingerprint density at radius 1 is 0.561 bits per heavy atom. The summed E-state index contributed by atoms with van der Waals surface area (Å²) in [4.78, 5) is 13.1. The van der Waals surface area contributed by atoms with Gasteiger partial charge in [-0.1, -0.05) is 182 Å². The number of nitrogens with zero attached hydrogens (tertiary/aromatic N) is 4. The van der Waals surface area contributed by atoms with Gasteiger partial charge in [0.05, 0.1) is 12.9 Å². The highest BCUT2D eigenvalue weighted by atomic mass is 16.6. The van der Waals surface area contributed by atoms with Gasteiger partial charge in [0, 0.05) is 0 Å². The van der Waals surface area contributed by atoms with E-state index in [1.54, 1.807) is 10.9 Å². The molecular weight excluding hydrogens is 711 g/mol. The zero-order valence-corrected chi connectivity index (χ0v) is 31.0. The Balaban J connectivity index is 1.21. The number of aromatic nitrogens is 4. The van der Waals surface area contributed by atoms with E-state index in [0.717, 1.165) is 33.4 Å². The number of aliphatic hydroxyl groups is 1. The van der Waals surface area contributed by atoms with Crippen molar-refractivity contribution in [1.29, 1.82) is 0 Å². The van der Waals surface area contributed by atoms with Crippen LogP contribution in [0.1, 0.15) is 39.6 Å².